The lowest BCUT2D eigenvalue weighted by atomic mass is 10.2. The van der Waals surface area contributed by atoms with Crippen LogP contribution in [0.2, 0.25) is 0 Å². The van der Waals surface area contributed by atoms with E-state index >= 15 is 0 Å². The molecule has 1 aromatic heterocycles. The van der Waals surface area contributed by atoms with Gasteiger partial charge in [-0.15, -0.1) is 0 Å². The Balaban J connectivity index is 1.56. The van der Waals surface area contributed by atoms with Crippen molar-refractivity contribution < 1.29 is 27.7 Å². The summed E-state index contributed by atoms with van der Waals surface area (Å²) in [5.74, 6) is -1.79. The van der Waals surface area contributed by atoms with E-state index in [1.165, 1.54) is 30.5 Å². The summed E-state index contributed by atoms with van der Waals surface area (Å²) >= 11 is 0. The molecule has 0 saturated carbocycles. The van der Waals surface area contributed by atoms with Crippen molar-refractivity contribution in [2.24, 2.45) is 0 Å². The first-order valence-electron chi connectivity index (χ1n) is 8.22. The first kappa shape index (κ1) is 19.2. The molecule has 28 heavy (non-hydrogen) atoms. The van der Waals surface area contributed by atoms with Crippen molar-refractivity contribution in [3.8, 4) is 11.3 Å². The molecule has 0 saturated heterocycles. The second-order valence-electron chi connectivity index (χ2n) is 5.79. The fourth-order valence-corrected chi connectivity index (χ4v) is 2.49. The summed E-state index contributed by atoms with van der Waals surface area (Å²) in [4.78, 5) is 26.2. The van der Waals surface area contributed by atoms with Crippen LogP contribution in [-0.4, -0.2) is 15.9 Å². The molecule has 0 N–H and O–H groups in total. The third-order valence-electron chi connectivity index (χ3n) is 3.87. The normalized spacial score (nSPS) is 10.6. The van der Waals surface area contributed by atoms with E-state index in [0.29, 0.717) is 0 Å². The lowest BCUT2D eigenvalue weighted by molar-refractivity contribution is -0.385. The zero-order valence-corrected chi connectivity index (χ0v) is 14.4. The predicted molar refractivity (Wildman–Crippen MR) is 93.1 cm³/mol. The van der Waals surface area contributed by atoms with Crippen molar-refractivity contribution in [2.45, 2.75) is 19.4 Å². The number of halogens is 2. The summed E-state index contributed by atoms with van der Waals surface area (Å²) < 4.78 is 37.2. The fraction of sp³-hybridized carbons (Fsp3) is 0.158. The SMILES string of the molecule is O=C(CCc1ncc(-c2ccc(F)cc2F)o1)OCc1ccccc1[N+](=O)[O-]. The van der Waals surface area contributed by atoms with Crippen LogP contribution in [0.3, 0.4) is 0 Å². The molecule has 3 rings (SSSR count). The summed E-state index contributed by atoms with van der Waals surface area (Å²) in [6, 6.07) is 9.02. The molecule has 0 aliphatic heterocycles. The minimum atomic E-state index is -0.786. The summed E-state index contributed by atoms with van der Waals surface area (Å²) in [5.41, 5.74) is 0.208. The highest BCUT2D eigenvalue weighted by atomic mass is 19.1. The Kier molecular flexibility index (Phi) is 5.73. The Bertz CT molecular complexity index is 1020. The maximum absolute atomic E-state index is 13.8. The molecule has 0 fully saturated rings. The molecule has 0 bridgehead atoms. The second kappa shape index (κ2) is 8.38. The Morgan fingerprint density at radius 3 is 2.75 bits per heavy atom. The maximum atomic E-state index is 13.8. The standard InChI is InChI=1S/C19H14F2N2O5/c20-13-5-6-14(15(21)9-13)17-10-22-18(28-17)7-8-19(24)27-11-12-3-1-2-4-16(12)23(25)26/h1-6,9-10H,7-8,11H2. The number of hydrogen-bond acceptors (Lipinski definition) is 6. The van der Waals surface area contributed by atoms with Crippen LogP contribution in [-0.2, 0) is 22.6 Å². The molecule has 144 valence electrons. The molecule has 0 radical (unpaired) electrons. The van der Waals surface area contributed by atoms with Crippen LogP contribution in [0.15, 0.2) is 53.1 Å². The molecule has 0 unspecified atom stereocenters. The van der Waals surface area contributed by atoms with E-state index in [-0.39, 0.29) is 47.9 Å². The van der Waals surface area contributed by atoms with Crippen molar-refractivity contribution in [3.63, 3.8) is 0 Å². The third-order valence-corrected chi connectivity index (χ3v) is 3.87. The second-order valence-corrected chi connectivity index (χ2v) is 5.79. The molecule has 0 aliphatic carbocycles. The van der Waals surface area contributed by atoms with Crippen LogP contribution >= 0.6 is 0 Å². The number of hydrogen-bond donors (Lipinski definition) is 0. The van der Waals surface area contributed by atoms with Gasteiger partial charge in [0.2, 0.25) is 0 Å². The van der Waals surface area contributed by atoms with Crippen LogP contribution in [0.4, 0.5) is 14.5 Å². The number of para-hydroxylation sites is 1. The van der Waals surface area contributed by atoms with E-state index in [1.54, 1.807) is 6.07 Å². The average Bonchev–Trinajstić information content (AvgIpc) is 3.13. The number of nitrogens with zero attached hydrogens (tertiary/aromatic N) is 2. The Morgan fingerprint density at radius 2 is 2.00 bits per heavy atom. The summed E-state index contributed by atoms with van der Waals surface area (Å²) in [5, 5.41) is 10.9. The van der Waals surface area contributed by atoms with Crippen LogP contribution in [0, 0.1) is 21.7 Å². The van der Waals surface area contributed by atoms with Crippen LogP contribution in [0.5, 0.6) is 0 Å². The summed E-state index contributed by atoms with van der Waals surface area (Å²) in [6.07, 6.45) is 1.30. The largest absolute Gasteiger partial charge is 0.461 e. The van der Waals surface area contributed by atoms with Gasteiger partial charge in [-0.25, -0.2) is 13.8 Å². The molecule has 0 aliphatic rings. The number of ether oxygens (including phenoxy) is 1. The van der Waals surface area contributed by atoms with Gasteiger partial charge in [-0.1, -0.05) is 12.1 Å². The number of esters is 1. The van der Waals surface area contributed by atoms with Gasteiger partial charge in [0.1, 0.15) is 18.2 Å². The number of benzene rings is 2. The van der Waals surface area contributed by atoms with E-state index in [2.05, 4.69) is 4.98 Å². The average molecular weight is 388 g/mol. The van der Waals surface area contributed by atoms with E-state index in [0.717, 1.165) is 12.1 Å². The van der Waals surface area contributed by atoms with Gasteiger partial charge in [-0.2, -0.15) is 0 Å². The van der Waals surface area contributed by atoms with Crippen molar-refractivity contribution in [3.05, 3.63) is 81.9 Å². The van der Waals surface area contributed by atoms with Gasteiger partial charge < -0.3 is 9.15 Å². The van der Waals surface area contributed by atoms with Crippen molar-refractivity contribution >= 4 is 11.7 Å². The van der Waals surface area contributed by atoms with Gasteiger partial charge in [-0.05, 0) is 18.2 Å². The third kappa shape index (κ3) is 4.56. The molecule has 7 nitrogen and oxygen atoms in total. The summed E-state index contributed by atoms with van der Waals surface area (Å²) in [7, 11) is 0. The van der Waals surface area contributed by atoms with Gasteiger partial charge >= 0.3 is 5.97 Å². The quantitative estimate of drug-likeness (QED) is 0.342. The molecular weight excluding hydrogens is 374 g/mol. The monoisotopic (exact) mass is 388 g/mol. The van der Waals surface area contributed by atoms with E-state index in [9.17, 15) is 23.7 Å². The maximum Gasteiger partial charge on any atom is 0.306 e. The molecule has 0 spiro atoms. The highest BCUT2D eigenvalue weighted by Crippen LogP contribution is 2.24. The van der Waals surface area contributed by atoms with Crippen LogP contribution in [0.1, 0.15) is 17.9 Å². The van der Waals surface area contributed by atoms with Crippen LogP contribution in [0.25, 0.3) is 11.3 Å². The first-order valence-corrected chi connectivity index (χ1v) is 8.22. The Hall–Kier alpha value is -3.62. The van der Waals surface area contributed by atoms with Crippen molar-refractivity contribution in [2.75, 3.05) is 0 Å². The molecule has 2 aromatic carbocycles. The van der Waals surface area contributed by atoms with Crippen molar-refractivity contribution in [1.82, 2.24) is 4.98 Å². The topological polar surface area (TPSA) is 95.5 Å². The van der Waals surface area contributed by atoms with Gasteiger partial charge in [0.15, 0.2) is 11.7 Å². The number of nitro benzene ring substituents is 1. The lowest BCUT2D eigenvalue weighted by Gasteiger charge is -2.05. The fourth-order valence-electron chi connectivity index (χ4n) is 2.49. The molecule has 0 amide bonds. The molecular formula is C19H14F2N2O5. The summed E-state index contributed by atoms with van der Waals surface area (Å²) in [6.45, 7) is -0.229. The minimum absolute atomic E-state index is 0.0547. The molecule has 9 heteroatoms. The number of aryl methyl sites for hydroxylation is 1. The lowest BCUT2D eigenvalue weighted by Crippen LogP contribution is -2.07. The van der Waals surface area contributed by atoms with Gasteiger partial charge in [0.05, 0.1) is 28.7 Å². The highest BCUT2D eigenvalue weighted by molar-refractivity contribution is 5.69. The molecule has 1 heterocycles. The number of carbonyl (C=O) groups is 1. The molecule has 0 atom stereocenters. The first-order chi connectivity index (χ1) is 13.4. The minimum Gasteiger partial charge on any atom is -0.461 e. The predicted octanol–water partition coefficient (Wildman–Crippen LogP) is 4.20. The Labute approximate surface area is 157 Å². The Morgan fingerprint density at radius 1 is 1.21 bits per heavy atom. The van der Waals surface area contributed by atoms with E-state index < -0.39 is 22.5 Å². The van der Waals surface area contributed by atoms with Crippen molar-refractivity contribution in [1.29, 1.82) is 0 Å². The highest BCUT2D eigenvalue weighted by Gasteiger charge is 2.16. The molecule has 3 aromatic rings. The zero-order valence-electron chi connectivity index (χ0n) is 14.4. The van der Waals surface area contributed by atoms with E-state index in [4.69, 9.17) is 9.15 Å². The number of carbonyl (C=O) groups excluding carboxylic acids is 1. The van der Waals surface area contributed by atoms with Gasteiger partial charge in [0, 0.05) is 18.6 Å². The van der Waals surface area contributed by atoms with E-state index in [1.807, 2.05) is 0 Å². The zero-order chi connectivity index (χ0) is 20.1. The number of oxazole rings is 1. The van der Waals surface area contributed by atoms with Gasteiger partial charge in [0.25, 0.3) is 5.69 Å². The van der Waals surface area contributed by atoms with Gasteiger partial charge in [-0.3, -0.25) is 14.9 Å². The van der Waals surface area contributed by atoms with Crippen LogP contribution < -0.4 is 0 Å². The number of aromatic nitrogens is 1. The number of rotatable bonds is 7. The number of nitro groups is 1. The smallest absolute Gasteiger partial charge is 0.306 e.